The Labute approximate surface area is 129 Å². The van der Waals surface area contributed by atoms with Crippen LogP contribution in [0.1, 0.15) is 6.92 Å². The van der Waals surface area contributed by atoms with E-state index in [0.29, 0.717) is 57.7 Å². The van der Waals surface area contributed by atoms with Gasteiger partial charge in [-0.15, -0.1) is 5.10 Å². The first-order valence-corrected chi connectivity index (χ1v) is 7.33. The van der Waals surface area contributed by atoms with Crippen LogP contribution in [0.2, 0.25) is 0 Å². The Bertz CT molecular complexity index is 479. The molecule has 0 spiro atoms. The molecule has 0 radical (unpaired) electrons. The van der Waals surface area contributed by atoms with E-state index in [1.165, 1.54) is 0 Å². The Morgan fingerprint density at radius 2 is 2.14 bits per heavy atom. The van der Waals surface area contributed by atoms with Crippen molar-refractivity contribution in [2.24, 2.45) is 0 Å². The minimum Gasteiger partial charge on any atom is -0.450 e. The molecule has 0 bridgehead atoms. The van der Waals surface area contributed by atoms with Gasteiger partial charge in [-0.25, -0.2) is 4.79 Å². The SMILES string of the molecule is CCOC(=O)N1CCN(c2nncc(NCCOC)n2)CC1. The molecule has 2 rings (SSSR count). The average molecular weight is 310 g/mol. The van der Waals surface area contributed by atoms with Gasteiger partial charge in [-0.1, -0.05) is 0 Å². The lowest BCUT2D eigenvalue weighted by Crippen LogP contribution is -2.49. The van der Waals surface area contributed by atoms with E-state index in [4.69, 9.17) is 9.47 Å². The molecule has 1 aliphatic heterocycles. The van der Waals surface area contributed by atoms with Crippen molar-refractivity contribution in [3.05, 3.63) is 6.20 Å². The Balaban J connectivity index is 1.88. The van der Waals surface area contributed by atoms with E-state index < -0.39 is 0 Å². The molecule has 1 fully saturated rings. The van der Waals surface area contributed by atoms with Gasteiger partial charge in [0, 0.05) is 39.8 Å². The fourth-order valence-electron chi connectivity index (χ4n) is 2.10. The third-order valence-corrected chi connectivity index (χ3v) is 3.25. The first-order valence-electron chi connectivity index (χ1n) is 7.33. The largest absolute Gasteiger partial charge is 0.450 e. The molecule has 0 aliphatic carbocycles. The Morgan fingerprint density at radius 1 is 1.36 bits per heavy atom. The minimum atomic E-state index is -0.267. The summed E-state index contributed by atoms with van der Waals surface area (Å²) >= 11 is 0. The second-order valence-electron chi connectivity index (χ2n) is 4.73. The lowest BCUT2D eigenvalue weighted by Gasteiger charge is -2.33. The molecular formula is C13H22N6O3. The number of carbonyl (C=O) groups is 1. The molecule has 2 heterocycles. The minimum absolute atomic E-state index is 0.267. The van der Waals surface area contributed by atoms with Crippen LogP contribution in [0.5, 0.6) is 0 Å². The van der Waals surface area contributed by atoms with Crippen molar-refractivity contribution in [1.82, 2.24) is 20.1 Å². The van der Waals surface area contributed by atoms with Crippen LogP contribution >= 0.6 is 0 Å². The van der Waals surface area contributed by atoms with Crippen LogP contribution in [0, 0.1) is 0 Å². The Morgan fingerprint density at radius 3 is 2.82 bits per heavy atom. The van der Waals surface area contributed by atoms with Gasteiger partial charge in [-0.3, -0.25) is 0 Å². The molecule has 0 unspecified atom stereocenters. The topological polar surface area (TPSA) is 92.7 Å². The standard InChI is InChI=1S/C13H22N6O3/c1-3-22-13(20)19-7-5-18(6-8-19)12-16-11(10-15-17-12)14-4-9-21-2/h10H,3-9H2,1-2H3,(H,14,16,17). The van der Waals surface area contributed by atoms with E-state index in [1.807, 2.05) is 4.90 Å². The first kappa shape index (κ1) is 16.2. The fraction of sp³-hybridized carbons (Fsp3) is 0.692. The molecule has 0 saturated carbocycles. The summed E-state index contributed by atoms with van der Waals surface area (Å²) in [6, 6.07) is 0. The predicted molar refractivity (Wildman–Crippen MR) is 81.0 cm³/mol. The highest BCUT2D eigenvalue weighted by molar-refractivity contribution is 5.68. The Hall–Kier alpha value is -2.16. The van der Waals surface area contributed by atoms with E-state index in [2.05, 4.69) is 20.5 Å². The molecule has 22 heavy (non-hydrogen) atoms. The summed E-state index contributed by atoms with van der Waals surface area (Å²) in [6.07, 6.45) is 1.31. The molecular weight excluding hydrogens is 288 g/mol. The monoisotopic (exact) mass is 310 g/mol. The molecule has 122 valence electrons. The number of nitrogens with zero attached hydrogens (tertiary/aromatic N) is 5. The van der Waals surface area contributed by atoms with Gasteiger partial charge in [0.25, 0.3) is 0 Å². The van der Waals surface area contributed by atoms with Crippen LogP contribution < -0.4 is 10.2 Å². The van der Waals surface area contributed by atoms with E-state index in [-0.39, 0.29) is 6.09 Å². The molecule has 9 nitrogen and oxygen atoms in total. The summed E-state index contributed by atoms with van der Waals surface area (Å²) in [5, 5.41) is 11.1. The van der Waals surface area contributed by atoms with Crippen LogP contribution in [0.4, 0.5) is 16.6 Å². The molecule has 1 saturated heterocycles. The molecule has 1 aromatic heterocycles. The Kier molecular flexibility index (Phi) is 6.13. The number of hydrogen-bond acceptors (Lipinski definition) is 8. The van der Waals surface area contributed by atoms with Gasteiger partial charge in [-0.2, -0.15) is 10.1 Å². The summed E-state index contributed by atoms with van der Waals surface area (Å²) in [7, 11) is 1.65. The van der Waals surface area contributed by atoms with Gasteiger partial charge in [0.1, 0.15) is 0 Å². The lowest BCUT2D eigenvalue weighted by atomic mass is 10.3. The van der Waals surface area contributed by atoms with Crippen molar-refractivity contribution in [2.45, 2.75) is 6.92 Å². The number of anilines is 2. The van der Waals surface area contributed by atoms with Crippen LogP contribution in [-0.2, 0) is 9.47 Å². The zero-order valence-corrected chi connectivity index (χ0v) is 13.0. The maximum absolute atomic E-state index is 11.7. The highest BCUT2D eigenvalue weighted by Gasteiger charge is 2.23. The van der Waals surface area contributed by atoms with Crippen molar-refractivity contribution >= 4 is 17.9 Å². The second-order valence-corrected chi connectivity index (χ2v) is 4.73. The predicted octanol–water partition coefficient (Wildman–Crippen LogP) is 0.208. The van der Waals surface area contributed by atoms with Crippen molar-refractivity contribution in [3.63, 3.8) is 0 Å². The molecule has 1 aromatic rings. The molecule has 0 aromatic carbocycles. The van der Waals surface area contributed by atoms with Gasteiger partial charge >= 0.3 is 6.09 Å². The maximum atomic E-state index is 11.7. The van der Waals surface area contributed by atoms with Gasteiger partial charge in [0.05, 0.1) is 19.4 Å². The zero-order valence-electron chi connectivity index (χ0n) is 13.0. The molecule has 1 amide bonds. The van der Waals surface area contributed by atoms with Crippen molar-refractivity contribution < 1.29 is 14.3 Å². The highest BCUT2D eigenvalue weighted by Crippen LogP contribution is 2.12. The average Bonchev–Trinajstić information content (AvgIpc) is 2.56. The maximum Gasteiger partial charge on any atom is 0.409 e. The third-order valence-electron chi connectivity index (χ3n) is 3.25. The van der Waals surface area contributed by atoms with Crippen molar-refractivity contribution in [1.29, 1.82) is 0 Å². The van der Waals surface area contributed by atoms with Gasteiger partial charge < -0.3 is 24.6 Å². The summed E-state index contributed by atoms with van der Waals surface area (Å²) in [4.78, 5) is 19.8. The lowest BCUT2D eigenvalue weighted by molar-refractivity contribution is 0.105. The van der Waals surface area contributed by atoms with E-state index >= 15 is 0 Å². The van der Waals surface area contributed by atoms with Gasteiger partial charge in [-0.05, 0) is 6.92 Å². The first-order chi connectivity index (χ1) is 10.7. The highest BCUT2D eigenvalue weighted by atomic mass is 16.6. The van der Waals surface area contributed by atoms with Crippen molar-refractivity contribution in [2.75, 3.05) is 63.3 Å². The van der Waals surface area contributed by atoms with Gasteiger partial charge in [0.15, 0.2) is 5.82 Å². The van der Waals surface area contributed by atoms with Crippen LogP contribution in [0.25, 0.3) is 0 Å². The van der Waals surface area contributed by atoms with Gasteiger partial charge in [0.2, 0.25) is 5.95 Å². The quantitative estimate of drug-likeness (QED) is 0.745. The summed E-state index contributed by atoms with van der Waals surface area (Å²) < 4.78 is 9.98. The number of nitrogens with one attached hydrogen (secondary N) is 1. The summed E-state index contributed by atoms with van der Waals surface area (Å²) in [5.41, 5.74) is 0. The second kappa shape index (κ2) is 8.32. The number of carbonyl (C=O) groups excluding carboxylic acids is 1. The summed E-state index contributed by atoms with van der Waals surface area (Å²) in [6.45, 7) is 5.93. The number of ether oxygens (including phenoxy) is 2. The molecule has 0 atom stereocenters. The number of methoxy groups -OCH3 is 1. The number of piperazine rings is 1. The van der Waals surface area contributed by atoms with E-state index in [0.717, 1.165) is 0 Å². The van der Waals surface area contributed by atoms with Crippen molar-refractivity contribution in [3.8, 4) is 0 Å². The van der Waals surface area contributed by atoms with Crippen LogP contribution in [0.15, 0.2) is 6.20 Å². The molecule has 1 N–H and O–H groups in total. The van der Waals surface area contributed by atoms with E-state index in [9.17, 15) is 4.79 Å². The van der Waals surface area contributed by atoms with Crippen LogP contribution in [0.3, 0.4) is 0 Å². The van der Waals surface area contributed by atoms with Crippen LogP contribution in [-0.4, -0.2) is 79.2 Å². The normalized spacial score (nSPS) is 14.8. The molecule has 1 aliphatic rings. The third kappa shape index (κ3) is 4.42. The fourth-order valence-corrected chi connectivity index (χ4v) is 2.10. The number of aromatic nitrogens is 3. The summed E-state index contributed by atoms with van der Waals surface area (Å²) in [5.74, 6) is 1.22. The van der Waals surface area contributed by atoms with E-state index in [1.54, 1.807) is 25.1 Å². The molecule has 9 heteroatoms. The zero-order chi connectivity index (χ0) is 15.8. The number of hydrogen-bond donors (Lipinski definition) is 1. The number of rotatable bonds is 6. The smallest absolute Gasteiger partial charge is 0.409 e. The number of amides is 1.